The van der Waals surface area contributed by atoms with Crippen molar-refractivity contribution in [1.29, 1.82) is 5.41 Å². The number of rotatable bonds is 6. The molecule has 0 spiro atoms. The Kier molecular flexibility index (Phi) is 5.02. The Bertz CT molecular complexity index is 1150. The van der Waals surface area contributed by atoms with Crippen LogP contribution in [-0.2, 0) is 10.5 Å². The average molecular weight is 460 g/mol. The standard InChI is InChI=1S/C22H23F3N6O2/c23-11-7-12(18(27)28-8-11)15(26)20-30-17(22(25)5-6-22)14(24)19(31-20)29-16-10-3-1-9(2-4-10)13(16)21(32)33/h7-10,13,16,26H,1-6H2,(H2,27,28)(H,32,33)(H,29,30,31)/t9?,10?,13-,16-/m0/s1. The van der Waals surface area contributed by atoms with Crippen molar-refractivity contribution >= 4 is 23.3 Å². The van der Waals surface area contributed by atoms with Crippen molar-refractivity contribution in [3.63, 3.8) is 0 Å². The Balaban J connectivity index is 1.57. The van der Waals surface area contributed by atoms with Gasteiger partial charge in [0.2, 0.25) is 0 Å². The van der Waals surface area contributed by atoms with Crippen LogP contribution in [0.15, 0.2) is 12.3 Å². The van der Waals surface area contributed by atoms with Crippen LogP contribution in [0.1, 0.15) is 55.6 Å². The fourth-order valence-electron chi connectivity index (χ4n) is 5.24. The third-order valence-electron chi connectivity index (χ3n) is 7.15. The van der Waals surface area contributed by atoms with Gasteiger partial charge in [-0.3, -0.25) is 10.2 Å². The molecule has 2 atom stereocenters. The smallest absolute Gasteiger partial charge is 0.308 e. The molecule has 4 aliphatic rings. The van der Waals surface area contributed by atoms with Crippen molar-refractivity contribution in [3.8, 4) is 0 Å². The van der Waals surface area contributed by atoms with E-state index in [9.17, 15) is 18.7 Å². The van der Waals surface area contributed by atoms with Crippen LogP contribution in [0, 0.1) is 34.8 Å². The Morgan fingerprint density at radius 2 is 1.85 bits per heavy atom. The second kappa shape index (κ2) is 7.67. The molecule has 4 fully saturated rings. The minimum absolute atomic E-state index is 0.0140. The molecular weight excluding hydrogens is 437 g/mol. The van der Waals surface area contributed by atoms with Crippen LogP contribution < -0.4 is 11.1 Å². The number of nitrogens with one attached hydrogen (secondary N) is 2. The number of carbonyl (C=O) groups is 1. The zero-order valence-corrected chi connectivity index (χ0v) is 17.6. The summed E-state index contributed by atoms with van der Waals surface area (Å²) in [5.74, 6) is -4.28. The number of aliphatic carboxylic acids is 1. The number of aromatic nitrogens is 3. The predicted octanol–water partition coefficient (Wildman–Crippen LogP) is 3.41. The van der Waals surface area contributed by atoms with Gasteiger partial charge in [0.1, 0.15) is 23.0 Å². The molecule has 11 heteroatoms. The van der Waals surface area contributed by atoms with Crippen LogP contribution in [0.3, 0.4) is 0 Å². The van der Waals surface area contributed by atoms with E-state index in [-0.39, 0.29) is 47.7 Å². The lowest BCUT2D eigenvalue weighted by atomic mass is 9.61. The van der Waals surface area contributed by atoms with E-state index < -0.39 is 46.6 Å². The molecule has 2 aromatic heterocycles. The molecule has 2 heterocycles. The maximum atomic E-state index is 15.4. The van der Waals surface area contributed by atoms with Crippen molar-refractivity contribution in [2.75, 3.05) is 11.1 Å². The molecule has 0 saturated heterocycles. The average Bonchev–Trinajstić information content (AvgIpc) is 3.55. The first-order valence-corrected chi connectivity index (χ1v) is 10.9. The molecule has 8 nitrogen and oxygen atoms in total. The number of alkyl halides is 1. The van der Waals surface area contributed by atoms with Gasteiger partial charge in [0.25, 0.3) is 0 Å². The van der Waals surface area contributed by atoms with Gasteiger partial charge < -0.3 is 16.2 Å². The van der Waals surface area contributed by atoms with Gasteiger partial charge >= 0.3 is 5.97 Å². The van der Waals surface area contributed by atoms with Gasteiger partial charge in [-0.05, 0) is 56.4 Å². The summed E-state index contributed by atoms with van der Waals surface area (Å²) < 4.78 is 44.1. The van der Waals surface area contributed by atoms with E-state index in [1.165, 1.54) is 0 Å². The van der Waals surface area contributed by atoms with Gasteiger partial charge in [0.05, 0.1) is 12.1 Å². The molecular formula is C22H23F3N6O2. The third kappa shape index (κ3) is 3.68. The quantitative estimate of drug-likeness (QED) is 0.485. The number of anilines is 2. The van der Waals surface area contributed by atoms with Crippen molar-refractivity contribution in [2.45, 2.75) is 50.2 Å². The number of carboxylic acid groups (broad SMARTS) is 1. The molecule has 4 aliphatic carbocycles. The summed E-state index contributed by atoms with van der Waals surface area (Å²) in [5.41, 5.74) is 2.75. The summed E-state index contributed by atoms with van der Waals surface area (Å²) in [5, 5.41) is 21.2. The molecule has 4 saturated carbocycles. The highest BCUT2D eigenvalue weighted by molar-refractivity contribution is 6.11. The number of fused-ring (bicyclic) bond motifs is 3. The highest BCUT2D eigenvalue weighted by atomic mass is 19.2. The number of hydrogen-bond acceptors (Lipinski definition) is 7. The van der Waals surface area contributed by atoms with E-state index in [1.807, 2.05) is 0 Å². The van der Waals surface area contributed by atoms with Gasteiger partial charge in [-0.1, -0.05) is 0 Å². The van der Waals surface area contributed by atoms with Gasteiger partial charge in [0, 0.05) is 11.6 Å². The van der Waals surface area contributed by atoms with Crippen molar-refractivity contribution in [3.05, 3.63) is 41.0 Å². The van der Waals surface area contributed by atoms with E-state index in [0.29, 0.717) is 0 Å². The lowest BCUT2D eigenvalue weighted by Crippen LogP contribution is -2.51. The highest BCUT2D eigenvalue weighted by Gasteiger charge is 2.51. The molecule has 0 aromatic carbocycles. The summed E-state index contributed by atoms with van der Waals surface area (Å²) in [4.78, 5) is 23.7. The van der Waals surface area contributed by atoms with E-state index in [2.05, 4.69) is 20.3 Å². The lowest BCUT2D eigenvalue weighted by molar-refractivity contribution is -0.148. The second-order valence-electron chi connectivity index (χ2n) is 9.19. The van der Waals surface area contributed by atoms with Gasteiger partial charge in [0.15, 0.2) is 23.1 Å². The maximum Gasteiger partial charge on any atom is 0.308 e. The second-order valence-corrected chi connectivity index (χ2v) is 9.19. The zero-order chi connectivity index (χ0) is 23.5. The summed E-state index contributed by atoms with van der Waals surface area (Å²) in [6.45, 7) is 0. The molecule has 2 aromatic rings. The van der Waals surface area contributed by atoms with Crippen LogP contribution in [-0.4, -0.2) is 37.8 Å². The van der Waals surface area contributed by atoms with Crippen LogP contribution >= 0.6 is 0 Å². The number of nitrogens with zero attached hydrogens (tertiary/aromatic N) is 3. The van der Waals surface area contributed by atoms with Crippen LogP contribution in [0.2, 0.25) is 0 Å². The molecule has 2 bridgehead atoms. The maximum absolute atomic E-state index is 15.4. The third-order valence-corrected chi connectivity index (χ3v) is 7.15. The van der Waals surface area contributed by atoms with Crippen molar-refractivity contribution < 1.29 is 23.1 Å². The van der Waals surface area contributed by atoms with E-state index in [4.69, 9.17) is 11.1 Å². The van der Waals surface area contributed by atoms with Crippen LogP contribution in [0.5, 0.6) is 0 Å². The first-order valence-electron chi connectivity index (χ1n) is 10.9. The normalized spacial score (nSPS) is 27.2. The first-order chi connectivity index (χ1) is 15.7. The molecule has 0 unspecified atom stereocenters. The molecule has 0 aliphatic heterocycles. The fraction of sp³-hybridized carbons (Fsp3) is 0.500. The molecule has 174 valence electrons. The predicted molar refractivity (Wildman–Crippen MR) is 113 cm³/mol. The molecule has 0 radical (unpaired) electrons. The number of nitrogen functional groups attached to an aromatic ring is 1. The number of pyridine rings is 1. The van der Waals surface area contributed by atoms with Gasteiger partial charge in [-0.15, -0.1) is 0 Å². The topological polar surface area (TPSA) is 138 Å². The minimum Gasteiger partial charge on any atom is -0.481 e. The van der Waals surface area contributed by atoms with Gasteiger partial charge in [-0.2, -0.15) is 0 Å². The Morgan fingerprint density at radius 3 is 2.48 bits per heavy atom. The molecule has 0 amide bonds. The number of carboxylic acids is 1. The molecule has 6 rings (SSSR count). The Labute approximate surface area is 187 Å². The number of hydrogen-bond donors (Lipinski definition) is 4. The highest BCUT2D eigenvalue weighted by Crippen LogP contribution is 2.51. The fourth-order valence-corrected chi connectivity index (χ4v) is 5.24. The van der Waals surface area contributed by atoms with E-state index >= 15 is 4.39 Å². The summed E-state index contributed by atoms with van der Waals surface area (Å²) in [6.07, 6.45) is 4.26. The van der Waals surface area contributed by atoms with Crippen molar-refractivity contribution in [2.24, 2.45) is 17.8 Å². The van der Waals surface area contributed by atoms with E-state index in [1.54, 1.807) is 0 Å². The summed E-state index contributed by atoms with van der Waals surface area (Å²) in [6, 6.07) is 0.400. The SMILES string of the molecule is N=C(c1nc(N[C@H]2C3CCC(CC3)[C@@H]2C(=O)O)c(F)c(C2(F)CC2)n1)c1cc(F)cnc1N. The summed E-state index contributed by atoms with van der Waals surface area (Å²) >= 11 is 0. The largest absolute Gasteiger partial charge is 0.481 e. The molecule has 33 heavy (non-hydrogen) atoms. The monoisotopic (exact) mass is 460 g/mol. The minimum atomic E-state index is -1.98. The van der Waals surface area contributed by atoms with Crippen molar-refractivity contribution in [1.82, 2.24) is 15.0 Å². The lowest BCUT2D eigenvalue weighted by Gasteiger charge is -2.47. The van der Waals surface area contributed by atoms with E-state index in [0.717, 1.165) is 37.9 Å². The van der Waals surface area contributed by atoms with Crippen LogP contribution in [0.4, 0.5) is 24.8 Å². The number of nitrogens with two attached hydrogens (primary N) is 1. The Hall–Kier alpha value is -3.24. The first kappa shape index (κ1) is 21.6. The molecule has 5 N–H and O–H groups in total. The zero-order valence-electron chi connectivity index (χ0n) is 17.6. The van der Waals surface area contributed by atoms with Crippen LogP contribution in [0.25, 0.3) is 0 Å². The Morgan fingerprint density at radius 1 is 1.18 bits per heavy atom. The van der Waals surface area contributed by atoms with Gasteiger partial charge in [-0.25, -0.2) is 28.1 Å². The number of halogens is 3. The summed E-state index contributed by atoms with van der Waals surface area (Å²) in [7, 11) is 0.